The van der Waals surface area contributed by atoms with Gasteiger partial charge in [-0.2, -0.15) is 5.10 Å². The van der Waals surface area contributed by atoms with Crippen molar-refractivity contribution in [3.8, 4) is 5.75 Å². The second kappa shape index (κ2) is 7.29. The second-order valence-electron chi connectivity index (χ2n) is 5.65. The van der Waals surface area contributed by atoms with Crippen LogP contribution in [0.5, 0.6) is 5.75 Å². The van der Waals surface area contributed by atoms with E-state index in [2.05, 4.69) is 5.10 Å². The Labute approximate surface area is 144 Å². The van der Waals surface area contributed by atoms with Crippen molar-refractivity contribution < 1.29 is 18.8 Å². The molecule has 0 radical (unpaired) electrons. The molecule has 0 bridgehead atoms. The van der Waals surface area contributed by atoms with Crippen molar-refractivity contribution in [1.29, 1.82) is 0 Å². The molecule has 1 aromatic heterocycles. The number of likely N-dealkylation sites (N-methyl/N-ethyl adjacent to an activating group) is 1. The van der Waals surface area contributed by atoms with Crippen LogP contribution >= 0.6 is 0 Å². The van der Waals surface area contributed by atoms with Crippen molar-refractivity contribution in [2.75, 3.05) is 14.2 Å². The first-order chi connectivity index (χ1) is 11.7. The highest BCUT2D eigenvalue weighted by molar-refractivity contribution is 5.75. The van der Waals surface area contributed by atoms with Gasteiger partial charge in [0.2, 0.25) is 5.91 Å². The summed E-state index contributed by atoms with van der Waals surface area (Å²) in [5.41, 5.74) is 1.09. The van der Waals surface area contributed by atoms with Gasteiger partial charge in [0, 0.05) is 13.6 Å². The van der Waals surface area contributed by atoms with E-state index in [4.69, 9.17) is 4.74 Å². The first-order valence-corrected chi connectivity index (χ1v) is 7.49. The number of amides is 1. The molecule has 0 atom stereocenters. The summed E-state index contributed by atoms with van der Waals surface area (Å²) < 4.78 is 19.9. The third-order valence-electron chi connectivity index (χ3n) is 3.87. The number of carbonyl (C=O) groups excluding carboxylic acids is 1. The lowest BCUT2D eigenvalue weighted by Gasteiger charge is -2.18. The van der Waals surface area contributed by atoms with E-state index < -0.39 is 10.7 Å². The number of carbonyl (C=O) groups is 1. The van der Waals surface area contributed by atoms with Crippen LogP contribution in [-0.4, -0.2) is 39.7 Å². The minimum Gasteiger partial charge on any atom is -0.494 e. The minimum atomic E-state index is -0.511. The second-order valence-corrected chi connectivity index (χ2v) is 5.65. The first-order valence-electron chi connectivity index (χ1n) is 7.49. The van der Waals surface area contributed by atoms with E-state index in [1.165, 1.54) is 35.7 Å². The molecule has 8 nitrogen and oxygen atoms in total. The molecule has 0 aliphatic carbocycles. The van der Waals surface area contributed by atoms with E-state index >= 15 is 0 Å². The van der Waals surface area contributed by atoms with Gasteiger partial charge in [-0.1, -0.05) is 6.07 Å². The summed E-state index contributed by atoms with van der Waals surface area (Å²) >= 11 is 0. The quantitative estimate of drug-likeness (QED) is 0.588. The summed E-state index contributed by atoms with van der Waals surface area (Å²) in [6.45, 7) is 3.14. The van der Waals surface area contributed by atoms with Crippen molar-refractivity contribution in [3.05, 3.63) is 51.1 Å². The fourth-order valence-electron chi connectivity index (χ4n) is 2.52. The molecule has 2 rings (SSSR count). The van der Waals surface area contributed by atoms with Gasteiger partial charge in [0.25, 0.3) is 0 Å². The van der Waals surface area contributed by atoms with Crippen LogP contribution in [0.2, 0.25) is 0 Å². The summed E-state index contributed by atoms with van der Waals surface area (Å²) in [5, 5.41) is 15.1. The molecule has 0 N–H and O–H groups in total. The zero-order valence-corrected chi connectivity index (χ0v) is 14.4. The topological polar surface area (TPSA) is 90.5 Å². The number of nitrogens with zero attached hydrogens (tertiary/aromatic N) is 4. The molecule has 0 saturated heterocycles. The van der Waals surface area contributed by atoms with Crippen LogP contribution in [0.4, 0.5) is 10.1 Å². The zero-order chi connectivity index (χ0) is 18.7. The van der Waals surface area contributed by atoms with E-state index in [9.17, 15) is 19.3 Å². The van der Waals surface area contributed by atoms with Crippen molar-refractivity contribution in [2.45, 2.75) is 26.9 Å². The fourth-order valence-corrected chi connectivity index (χ4v) is 2.52. The molecular weight excluding hydrogens is 331 g/mol. The Hall–Kier alpha value is -2.97. The predicted molar refractivity (Wildman–Crippen MR) is 87.8 cm³/mol. The number of methoxy groups -OCH3 is 1. The zero-order valence-electron chi connectivity index (χ0n) is 14.4. The number of nitro groups is 1. The maximum absolute atomic E-state index is 13.7. The molecule has 2 aromatic rings. The molecule has 0 aliphatic heterocycles. The maximum atomic E-state index is 13.7. The van der Waals surface area contributed by atoms with Crippen LogP contribution in [0.25, 0.3) is 0 Å². The minimum absolute atomic E-state index is 0.0901. The number of hydrogen-bond donors (Lipinski definition) is 0. The number of hydrogen-bond acceptors (Lipinski definition) is 5. The van der Waals surface area contributed by atoms with Gasteiger partial charge >= 0.3 is 5.69 Å². The highest BCUT2D eigenvalue weighted by Crippen LogP contribution is 2.22. The third-order valence-corrected chi connectivity index (χ3v) is 3.87. The lowest BCUT2D eigenvalue weighted by molar-refractivity contribution is -0.386. The number of aromatic nitrogens is 2. The predicted octanol–water partition coefficient (Wildman–Crippen LogP) is 2.21. The Morgan fingerprint density at radius 2 is 2.12 bits per heavy atom. The molecular formula is C16H19FN4O4. The summed E-state index contributed by atoms with van der Waals surface area (Å²) in [6, 6.07) is 4.46. The van der Waals surface area contributed by atoms with E-state index in [-0.39, 0.29) is 36.1 Å². The number of aryl methyl sites for hydroxylation is 1. The highest BCUT2D eigenvalue weighted by Gasteiger charge is 2.23. The maximum Gasteiger partial charge on any atom is 0.312 e. The van der Waals surface area contributed by atoms with Crippen molar-refractivity contribution in [1.82, 2.24) is 14.7 Å². The van der Waals surface area contributed by atoms with Gasteiger partial charge in [-0.25, -0.2) is 4.39 Å². The van der Waals surface area contributed by atoms with E-state index in [0.717, 1.165) is 0 Å². The summed E-state index contributed by atoms with van der Waals surface area (Å²) in [5.74, 6) is -0.667. The lowest BCUT2D eigenvalue weighted by atomic mass is 10.2. The highest BCUT2D eigenvalue weighted by atomic mass is 19.1. The van der Waals surface area contributed by atoms with Gasteiger partial charge in [0.05, 0.1) is 12.0 Å². The average Bonchev–Trinajstić information content (AvgIpc) is 2.81. The molecule has 1 amide bonds. The van der Waals surface area contributed by atoms with E-state index in [1.807, 2.05) is 0 Å². The average molecular weight is 350 g/mol. The summed E-state index contributed by atoms with van der Waals surface area (Å²) in [6.07, 6.45) is 0. The molecule has 1 aromatic carbocycles. The van der Waals surface area contributed by atoms with Gasteiger partial charge in [0.1, 0.15) is 17.9 Å². The van der Waals surface area contributed by atoms with Crippen molar-refractivity contribution in [3.63, 3.8) is 0 Å². The van der Waals surface area contributed by atoms with Gasteiger partial charge in [-0.15, -0.1) is 0 Å². The Balaban J connectivity index is 2.09. The third kappa shape index (κ3) is 3.93. The molecule has 134 valence electrons. The van der Waals surface area contributed by atoms with Crippen molar-refractivity contribution >= 4 is 11.6 Å². The molecule has 0 unspecified atom stereocenters. The van der Waals surface area contributed by atoms with Crippen LogP contribution in [-0.2, 0) is 17.9 Å². The monoisotopic (exact) mass is 350 g/mol. The van der Waals surface area contributed by atoms with E-state index in [0.29, 0.717) is 11.3 Å². The van der Waals surface area contributed by atoms with E-state index in [1.54, 1.807) is 20.0 Å². The number of ether oxygens (including phenoxy) is 1. The molecule has 9 heteroatoms. The summed E-state index contributed by atoms with van der Waals surface area (Å²) in [4.78, 5) is 24.3. The summed E-state index contributed by atoms with van der Waals surface area (Å²) in [7, 11) is 2.95. The normalized spacial score (nSPS) is 10.6. The molecule has 0 saturated carbocycles. The van der Waals surface area contributed by atoms with Gasteiger partial charge in [-0.05, 0) is 31.5 Å². The van der Waals surface area contributed by atoms with Crippen LogP contribution in [0.1, 0.15) is 17.0 Å². The molecule has 25 heavy (non-hydrogen) atoms. The Bertz CT molecular complexity index is 819. The molecule has 0 fully saturated rings. The molecule has 1 heterocycles. The largest absolute Gasteiger partial charge is 0.494 e. The van der Waals surface area contributed by atoms with Crippen LogP contribution < -0.4 is 4.74 Å². The van der Waals surface area contributed by atoms with Crippen molar-refractivity contribution in [2.24, 2.45) is 0 Å². The van der Waals surface area contributed by atoms with Crippen LogP contribution in [0.15, 0.2) is 18.2 Å². The smallest absolute Gasteiger partial charge is 0.312 e. The Morgan fingerprint density at radius 1 is 1.44 bits per heavy atom. The SMILES string of the molecule is COc1ccc(CN(C)C(=O)Cn2nc(C)c([N+](=O)[O-])c2C)cc1F. The van der Waals surface area contributed by atoms with Gasteiger partial charge in [-0.3, -0.25) is 19.6 Å². The fraction of sp³-hybridized carbons (Fsp3) is 0.375. The lowest BCUT2D eigenvalue weighted by Crippen LogP contribution is -2.30. The first kappa shape index (κ1) is 18.4. The van der Waals surface area contributed by atoms with Gasteiger partial charge < -0.3 is 9.64 Å². The molecule has 0 aliphatic rings. The van der Waals surface area contributed by atoms with Crippen LogP contribution in [0.3, 0.4) is 0 Å². The number of benzene rings is 1. The number of halogens is 1. The number of rotatable bonds is 6. The van der Waals surface area contributed by atoms with Gasteiger partial charge in [0.15, 0.2) is 11.6 Å². The molecule has 0 spiro atoms. The Morgan fingerprint density at radius 3 is 2.64 bits per heavy atom. The Kier molecular flexibility index (Phi) is 5.35. The van der Waals surface area contributed by atoms with Crippen LogP contribution in [0, 0.1) is 29.8 Å². The standard InChI is InChI=1S/C16H19FN4O4/c1-10-16(21(23)24)11(2)20(18-10)9-15(22)19(3)8-12-5-6-14(25-4)13(17)7-12/h5-7H,8-9H2,1-4H3.